The minimum absolute atomic E-state index is 0.451. The maximum absolute atomic E-state index is 13.2. The Labute approximate surface area is 168 Å². The molecule has 11 heteroatoms. The van der Waals surface area contributed by atoms with E-state index in [-0.39, 0.29) is 0 Å². The van der Waals surface area contributed by atoms with E-state index in [1.165, 1.54) is 0 Å². The molecule has 0 fully saturated rings. The Bertz CT molecular complexity index is 884. The number of hydrogen-bond acceptors (Lipinski definition) is 1. The summed E-state index contributed by atoms with van der Waals surface area (Å²) in [6, 6.07) is 4.39. The summed E-state index contributed by atoms with van der Waals surface area (Å²) in [5, 5.41) is -1.09. The molecule has 156 valence electrons. The van der Waals surface area contributed by atoms with Gasteiger partial charge < -0.3 is 4.74 Å². The van der Waals surface area contributed by atoms with E-state index < -0.39 is 68.8 Å². The van der Waals surface area contributed by atoms with Crippen LogP contribution in [-0.2, 0) is 4.74 Å². The van der Waals surface area contributed by atoms with Crippen molar-refractivity contribution in [2.45, 2.75) is 12.4 Å². The SMILES string of the molecule is Fc1ccc(C(=CC(F)(F)F)OC(=CC(F)(F)F)c2ccc(F)cc2Cl)c(Cl)c1. The third kappa shape index (κ3) is 6.93. The monoisotopic (exact) mass is 462 g/mol. The molecule has 0 spiro atoms. The summed E-state index contributed by atoms with van der Waals surface area (Å²) in [5.41, 5.74) is -1.06. The van der Waals surface area contributed by atoms with E-state index in [2.05, 4.69) is 0 Å². The molecule has 0 N–H and O–H groups in total. The number of allylic oxidation sites excluding steroid dienone is 2. The van der Waals surface area contributed by atoms with Crippen LogP contribution in [0.25, 0.3) is 11.5 Å². The molecule has 2 rings (SSSR count). The van der Waals surface area contributed by atoms with Crippen LogP contribution in [0.1, 0.15) is 11.1 Å². The van der Waals surface area contributed by atoms with Crippen LogP contribution in [0, 0.1) is 11.6 Å². The Morgan fingerprint density at radius 3 is 1.31 bits per heavy atom. The molecule has 0 saturated carbocycles. The van der Waals surface area contributed by atoms with Crippen molar-refractivity contribution in [3.8, 4) is 0 Å². The van der Waals surface area contributed by atoms with E-state index >= 15 is 0 Å². The van der Waals surface area contributed by atoms with E-state index in [0.717, 1.165) is 24.3 Å². The molecule has 1 nitrogen and oxygen atoms in total. The normalized spacial score (nSPS) is 13.6. The molecule has 2 aromatic carbocycles. The molecular weight excluding hydrogens is 455 g/mol. The third-order valence-electron chi connectivity index (χ3n) is 3.20. The quantitative estimate of drug-likeness (QED) is 0.332. The molecule has 0 radical (unpaired) electrons. The fourth-order valence-corrected chi connectivity index (χ4v) is 2.64. The van der Waals surface area contributed by atoms with Crippen LogP contribution in [0.4, 0.5) is 35.1 Å². The van der Waals surface area contributed by atoms with E-state index in [0.29, 0.717) is 12.1 Å². The van der Waals surface area contributed by atoms with Crippen molar-refractivity contribution >= 4 is 34.7 Å². The Hall–Kier alpha value is -2.26. The Balaban J connectivity index is 2.65. The molecule has 0 aliphatic heterocycles. The van der Waals surface area contributed by atoms with E-state index in [1.807, 2.05) is 0 Å². The highest BCUT2D eigenvalue weighted by Gasteiger charge is 2.30. The van der Waals surface area contributed by atoms with Crippen molar-refractivity contribution in [1.29, 1.82) is 0 Å². The van der Waals surface area contributed by atoms with Crippen LogP contribution in [0.2, 0.25) is 10.0 Å². The van der Waals surface area contributed by atoms with Gasteiger partial charge in [-0.2, -0.15) is 26.3 Å². The van der Waals surface area contributed by atoms with Gasteiger partial charge in [-0.25, -0.2) is 8.78 Å². The highest BCUT2D eigenvalue weighted by molar-refractivity contribution is 6.32. The number of hydrogen-bond donors (Lipinski definition) is 0. The van der Waals surface area contributed by atoms with Crippen LogP contribution >= 0.6 is 23.2 Å². The summed E-state index contributed by atoms with van der Waals surface area (Å²) < 4.78 is 109. The number of benzene rings is 2. The second-order valence-electron chi connectivity index (χ2n) is 5.45. The average Bonchev–Trinajstić information content (AvgIpc) is 2.51. The number of halogens is 10. The number of ether oxygens (including phenoxy) is 1. The van der Waals surface area contributed by atoms with Crippen molar-refractivity contribution in [3.63, 3.8) is 0 Å². The molecule has 0 aliphatic rings. The minimum atomic E-state index is -5.02. The fourth-order valence-electron chi connectivity index (χ4n) is 2.12. The van der Waals surface area contributed by atoms with Gasteiger partial charge in [0.2, 0.25) is 0 Å². The lowest BCUT2D eigenvalue weighted by molar-refractivity contribution is -0.0803. The van der Waals surface area contributed by atoms with Gasteiger partial charge in [0.1, 0.15) is 23.2 Å². The number of rotatable bonds is 4. The van der Waals surface area contributed by atoms with Gasteiger partial charge in [0, 0.05) is 11.1 Å². The average molecular weight is 463 g/mol. The van der Waals surface area contributed by atoms with Crippen LogP contribution in [0.5, 0.6) is 0 Å². The van der Waals surface area contributed by atoms with Gasteiger partial charge in [-0.05, 0) is 36.4 Å². The zero-order valence-corrected chi connectivity index (χ0v) is 15.3. The smallest absolute Gasteiger partial charge is 0.413 e. The standard InChI is InChI=1S/C18H8Cl2F8O/c19-13-5-9(21)1-3-11(13)15(7-17(23,24)25)29-16(8-18(26,27)28)12-4-2-10(22)6-14(12)20/h1-8H. The lowest BCUT2D eigenvalue weighted by Crippen LogP contribution is -2.08. The van der Waals surface area contributed by atoms with E-state index in [4.69, 9.17) is 27.9 Å². The van der Waals surface area contributed by atoms with Gasteiger partial charge in [0.15, 0.2) is 0 Å². The Morgan fingerprint density at radius 1 is 0.690 bits per heavy atom. The molecular formula is C18H8Cl2F8O. The van der Waals surface area contributed by atoms with Gasteiger partial charge in [-0.15, -0.1) is 0 Å². The topological polar surface area (TPSA) is 9.23 Å². The van der Waals surface area contributed by atoms with Crippen LogP contribution in [0.15, 0.2) is 48.6 Å². The molecule has 2 aromatic rings. The lowest BCUT2D eigenvalue weighted by atomic mass is 10.1. The Kier molecular flexibility index (Phi) is 6.85. The van der Waals surface area contributed by atoms with Gasteiger partial charge in [0.25, 0.3) is 0 Å². The van der Waals surface area contributed by atoms with Gasteiger partial charge in [-0.3, -0.25) is 0 Å². The van der Waals surface area contributed by atoms with Crippen molar-refractivity contribution in [1.82, 2.24) is 0 Å². The van der Waals surface area contributed by atoms with Crippen molar-refractivity contribution in [2.24, 2.45) is 0 Å². The summed E-state index contributed by atoms with van der Waals surface area (Å²) in [7, 11) is 0. The van der Waals surface area contributed by atoms with Crippen molar-refractivity contribution in [3.05, 3.63) is 81.4 Å². The van der Waals surface area contributed by atoms with Gasteiger partial charge in [-0.1, -0.05) is 23.2 Å². The highest BCUT2D eigenvalue weighted by Crippen LogP contribution is 2.37. The second kappa shape index (κ2) is 8.62. The maximum atomic E-state index is 13.2. The molecule has 0 saturated heterocycles. The maximum Gasteiger partial charge on any atom is 0.413 e. The molecule has 0 amide bonds. The molecule has 0 unspecified atom stereocenters. The molecule has 0 bridgehead atoms. The lowest BCUT2D eigenvalue weighted by Gasteiger charge is -2.17. The first-order chi connectivity index (χ1) is 13.2. The predicted molar refractivity (Wildman–Crippen MR) is 92.0 cm³/mol. The third-order valence-corrected chi connectivity index (χ3v) is 3.83. The molecule has 0 aliphatic carbocycles. The first-order valence-corrected chi connectivity index (χ1v) is 8.18. The summed E-state index contributed by atoms with van der Waals surface area (Å²) in [6.45, 7) is 0. The summed E-state index contributed by atoms with van der Waals surface area (Å²) >= 11 is 11.4. The number of alkyl halides is 6. The zero-order valence-electron chi connectivity index (χ0n) is 13.8. The van der Waals surface area contributed by atoms with Crippen LogP contribution in [-0.4, -0.2) is 12.4 Å². The molecule has 0 aromatic heterocycles. The molecule has 0 heterocycles. The summed E-state index contributed by atoms with van der Waals surface area (Å²) in [6.07, 6.45) is -11.0. The summed E-state index contributed by atoms with van der Waals surface area (Å²) in [5.74, 6) is -4.09. The first-order valence-electron chi connectivity index (χ1n) is 7.43. The Morgan fingerprint density at radius 2 is 1.03 bits per heavy atom. The summed E-state index contributed by atoms with van der Waals surface area (Å²) in [4.78, 5) is 0. The van der Waals surface area contributed by atoms with Crippen molar-refractivity contribution in [2.75, 3.05) is 0 Å². The fraction of sp³-hybridized carbons (Fsp3) is 0.111. The van der Waals surface area contributed by atoms with Gasteiger partial charge in [0.05, 0.1) is 22.2 Å². The minimum Gasteiger partial charge on any atom is -0.456 e. The van der Waals surface area contributed by atoms with E-state index in [9.17, 15) is 35.1 Å². The zero-order chi connectivity index (χ0) is 22.0. The van der Waals surface area contributed by atoms with Crippen LogP contribution < -0.4 is 0 Å². The molecule has 0 atom stereocenters. The van der Waals surface area contributed by atoms with Crippen molar-refractivity contribution < 1.29 is 39.9 Å². The van der Waals surface area contributed by atoms with E-state index in [1.54, 1.807) is 0 Å². The highest BCUT2D eigenvalue weighted by atomic mass is 35.5. The van der Waals surface area contributed by atoms with Crippen LogP contribution in [0.3, 0.4) is 0 Å². The second-order valence-corrected chi connectivity index (χ2v) is 6.27. The molecule has 29 heavy (non-hydrogen) atoms. The predicted octanol–water partition coefficient (Wildman–Crippen LogP) is 7.79. The first kappa shape index (κ1) is 23.0. The largest absolute Gasteiger partial charge is 0.456 e. The van der Waals surface area contributed by atoms with Gasteiger partial charge >= 0.3 is 12.4 Å².